The van der Waals surface area contributed by atoms with Gasteiger partial charge in [-0.25, -0.2) is 0 Å². The van der Waals surface area contributed by atoms with Gasteiger partial charge in [0, 0.05) is 25.0 Å². The maximum absolute atomic E-state index is 5.33. The molecule has 1 unspecified atom stereocenters. The molecular formula is C17H20N2O. The number of methoxy groups -OCH3 is 1. The van der Waals surface area contributed by atoms with Crippen LogP contribution in [0.15, 0.2) is 36.7 Å². The van der Waals surface area contributed by atoms with Gasteiger partial charge in [0.05, 0.1) is 7.11 Å². The SMILES string of the molecule is COc1ccc2c(c1)C(NCc1ccncc1C)CC2. The first-order chi connectivity index (χ1) is 9.78. The molecule has 1 N–H and O–H groups in total. The molecule has 0 amide bonds. The van der Waals surface area contributed by atoms with Crippen LogP contribution in [0.5, 0.6) is 5.75 Å². The molecule has 0 bridgehead atoms. The zero-order valence-corrected chi connectivity index (χ0v) is 12.0. The number of aryl methyl sites for hydroxylation is 2. The average Bonchev–Trinajstić information content (AvgIpc) is 2.88. The number of nitrogens with one attached hydrogen (secondary N) is 1. The van der Waals surface area contributed by atoms with Crippen LogP contribution < -0.4 is 10.1 Å². The summed E-state index contributed by atoms with van der Waals surface area (Å²) in [6, 6.07) is 8.91. The molecule has 0 aliphatic heterocycles. The Morgan fingerprint density at radius 3 is 3.05 bits per heavy atom. The molecule has 0 fully saturated rings. The summed E-state index contributed by atoms with van der Waals surface area (Å²) in [5.74, 6) is 0.942. The van der Waals surface area contributed by atoms with Gasteiger partial charge in [-0.2, -0.15) is 0 Å². The third kappa shape index (κ3) is 2.54. The third-order valence-corrected chi connectivity index (χ3v) is 4.11. The fourth-order valence-electron chi connectivity index (χ4n) is 2.85. The summed E-state index contributed by atoms with van der Waals surface area (Å²) in [6.07, 6.45) is 6.08. The van der Waals surface area contributed by atoms with Crippen LogP contribution in [0.1, 0.15) is 34.7 Å². The first-order valence-corrected chi connectivity index (χ1v) is 7.07. The molecule has 1 aliphatic carbocycles. The summed E-state index contributed by atoms with van der Waals surface area (Å²) in [6.45, 7) is 2.99. The van der Waals surface area contributed by atoms with Crippen molar-refractivity contribution in [1.29, 1.82) is 0 Å². The van der Waals surface area contributed by atoms with E-state index in [1.807, 2.05) is 18.5 Å². The second-order valence-electron chi connectivity index (χ2n) is 5.34. The number of aromatic nitrogens is 1. The minimum atomic E-state index is 0.424. The topological polar surface area (TPSA) is 34.1 Å². The van der Waals surface area contributed by atoms with Crippen molar-refractivity contribution in [2.24, 2.45) is 0 Å². The predicted octanol–water partition coefficient (Wildman–Crippen LogP) is 3.18. The van der Waals surface area contributed by atoms with E-state index in [-0.39, 0.29) is 0 Å². The van der Waals surface area contributed by atoms with Crippen molar-refractivity contribution in [3.8, 4) is 5.75 Å². The van der Waals surface area contributed by atoms with E-state index in [9.17, 15) is 0 Å². The minimum absolute atomic E-state index is 0.424. The van der Waals surface area contributed by atoms with Gasteiger partial charge in [-0.1, -0.05) is 6.07 Å². The van der Waals surface area contributed by atoms with Crippen molar-refractivity contribution in [1.82, 2.24) is 10.3 Å². The van der Waals surface area contributed by atoms with Crippen LogP contribution in [0.2, 0.25) is 0 Å². The van der Waals surface area contributed by atoms with Crippen LogP contribution in [-0.4, -0.2) is 12.1 Å². The fourth-order valence-corrected chi connectivity index (χ4v) is 2.85. The summed E-state index contributed by atoms with van der Waals surface area (Å²) in [5, 5.41) is 3.66. The minimum Gasteiger partial charge on any atom is -0.497 e. The lowest BCUT2D eigenvalue weighted by atomic mass is 10.1. The Balaban J connectivity index is 1.73. The van der Waals surface area contributed by atoms with Crippen molar-refractivity contribution in [2.45, 2.75) is 32.4 Å². The van der Waals surface area contributed by atoms with Crippen molar-refractivity contribution in [3.63, 3.8) is 0 Å². The van der Waals surface area contributed by atoms with E-state index in [0.717, 1.165) is 25.1 Å². The van der Waals surface area contributed by atoms with Gasteiger partial charge in [0.2, 0.25) is 0 Å². The highest BCUT2D eigenvalue weighted by Crippen LogP contribution is 2.33. The molecular weight excluding hydrogens is 248 g/mol. The molecule has 3 rings (SSSR count). The van der Waals surface area contributed by atoms with E-state index in [1.165, 1.54) is 22.3 Å². The molecule has 1 aromatic heterocycles. The number of fused-ring (bicyclic) bond motifs is 1. The lowest BCUT2D eigenvalue weighted by molar-refractivity contribution is 0.413. The van der Waals surface area contributed by atoms with Gasteiger partial charge in [-0.05, 0) is 60.2 Å². The standard InChI is InChI=1S/C17H20N2O/c1-12-10-18-8-7-14(12)11-19-17-6-4-13-3-5-15(20-2)9-16(13)17/h3,5,7-10,17,19H,4,6,11H2,1-2H3. The van der Waals surface area contributed by atoms with Gasteiger partial charge >= 0.3 is 0 Å². The Morgan fingerprint density at radius 2 is 2.25 bits per heavy atom. The van der Waals surface area contributed by atoms with Gasteiger partial charge in [0.25, 0.3) is 0 Å². The average molecular weight is 268 g/mol. The summed E-state index contributed by atoms with van der Waals surface area (Å²) >= 11 is 0. The number of benzene rings is 1. The maximum Gasteiger partial charge on any atom is 0.119 e. The molecule has 20 heavy (non-hydrogen) atoms. The molecule has 104 valence electrons. The summed E-state index contributed by atoms with van der Waals surface area (Å²) in [5.41, 5.74) is 5.38. The second-order valence-corrected chi connectivity index (χ2v) is 5.34. The number of hydrogen-bond acceptors (Lipinski definition) is 3. The first kappa shape index (κ1) is 13.1. The molecule has 1 atom stereocenters. The van der Waals surface area contributed by atoms with Crippen molar-refractivity contribution in [3.05, 3.63) is 58.9 Å². The Hall–Kier alpha value is -1.87. The molecule has 1 aromatic carbocycles. The Labute approximate surface area is 120 Å². The van der Waals surface area contributed by atoms with Crippen molar-refractivity contribution in [2.75, 3.05) is 7.11 Å². The molecule has 0 spiro atoms. The molecule has 0 saturated carbocycles. The Morgan fingerprint density at radius 1 is 1.35 bits per heavy atom. The van der Waals surface area contributed by atoms with Gasteiger partial charge in [-0.3, -0.25) is 4.98 Å². The second kappa shape index (κ2) is 5.63. The predicted molar refractivity (Wildman–Crippen MR) is 79.9 cm³/mol. The lowest BCUT2D eigenvalue weighted by Gasteiger charge is -2.15. The van der Waals surface area contributed by atoms with E-state index in [2.05, 4.69) is 35.4 Å². The van der Waals surface area contributed by atoms with E-state index in [0.29, 0.717) is 6.04 Å². The van der Waals surface area contributed by atoms with Crippen LogP contribution in [-0.2, 0) is 13.0 Å². The van der Waals surface area contributed by atoms with E-state index in [1.54, 1.807) is 7.11 Å². The first-order valence-electron chi connectivity index (χ1n) is 7.07. The third-order valence-electron chi connectivity index (χ3n) is 4.11. The van der Waals surface area contributed by atoms with Crippen LogP contribution in [0.3, 0.4) is 0 Å². The fraction of sp³-hybridized carbons (Fsp3) is 0.353. The highest BCUT2D eigenvalue weighted by molar-refractivity contribution is 5.40. The molecule has 0 saturated heterocycles. The van der Waals surface area contributed by atoms with Gasteiger partial charge in [-0.15, -0.1) is 0 Å². The maximum atomic E-state index is 5.33. The smallest absolute Gasteiger partial charge is 0.119 e. The normalized spacial score (nSPS) is 17.0. The van der Waals surface area contributed by atoms with Crippen LogP contribution >= 0.6 is 0 Å². The van der Waals surface area contributed by atoms with Crippen LogP contribution in [0, 0.1) is 6.92 Å². The quantitative estimate of drug-likeness (QED) is 0.924. The highest BCUT2D eigenvalue weighted by Gasteiger charge is 2.22. The number of nitrogens with zero attached hydrogens (tertiary/aromatic N) is 1. The molecule has 3 nitrogen and oxygen atoms in total. The molecule has 2 aromatic rings. The lowest BCUT2D eigenvalue weighted by Crippen LogP contribution is -2.19. The number of ether oxygens (including phenoxy) is 1. The number of hydrogen-bond donors (Lipinski definition) is 1. The Kier molecular flexibility index (Phi) is 3.70. The van der Waals surface area contributed by atoms with Gasteiger partial charge in [0.1, 0.15) is 5.75 Å². The zero-order valence-electron chi connectivity index (χ0n) is 12.0. The monoisotopic (exact) mass is 268 g/mol. The van der Waals surface area contributed by atoms with Crippen molar-refractivity contribution < 1.29 is 4.74 Å². The molecule has 1 aliphatic rings. The van der Waals surface area contributed by atoms with Crippen LogP contribution in [0.25, 0.3) is 0 Å². The summed E-state index contributed by atoms with van der Waals surface area (Å²) < 4.78 is 5.33. The van der Waals surface area contributed by atoms with Gasteiger partial charge in [0.15, 0.2) is 0 Å². The molecule has 3 heteroatoms. The Bertz CT molecular complexity index is 610. The van der Waals surface area contributed by atoms with E-state index < -0.39 is 0 Å². The summed E-state index contributed by atoms with van der Waals surface area (Å²) in [4.78, 5) is 4.14. The molecule has 0 radical (unpaired) electrons. The van der Waals surface area contributed by atoms with E-state index in [4.69, 9.17) is 4.74 Å². The number of pyridine rings is 1. The van der Waals surface area contributed by atoms with Crippen molar-refractivity contribution >= 4 is 0 Å². The summed E-state index contributed by atoms with van der Waals surface area (Å²) in [7, 11) is 1.72. The molecule has 1 heterocycles. The highest BCUT2D eigenvalue weighted by atomic mass is 16.5. The van der Waals surface area contributed by atoms with Crippen LogP contribution in [0.4, 0.5) is 0 Å². The van der Waals surface area contributed by atoms with Gasteiger partial charge < -0.3 is 10.1 Å². The van der Waals surface area contributed by atoms with E-state index >= 15 is 0 Å². The number of rotatable bonds is 4. The largest absolute Gasteiger partial charge is 0.497 e. The zero-order chi connectivity index (χ0) is 13.9.